The zero-order chi connectivity index (χ0) is 17.3. The lowest BCUT2D eigenvalue weighted by molar-refractivity contribution is 0.262. The summed E-state index contributed by atoms with van der Waals surface area (Å²) in [5, 5.41) is 2.68. The Hall–Kier alpha value is -2.48. The summed E-state index contributed by atoms with van der Waals surface area (Å²) in [7, 11) is 0. The Morgan fingerprint density at radius 2 is 1.19 bits per heavy atom. The van der Waals surface area contributed by atoms with Gasteiger partial charge in [-0.1, -0.05) is 55.7 Å². The van der Waals surface area contributed by atoms with Gasteiger partial charge in [0.05, 0.1) is 0 Å². The molecule has 1 saturated carbocycles. The fourth-order valence-electron chi connectivity index (χ4n) is 4.88. The Labute approximate surface area is 154 Å². The molecule has 132 valence electrons. The molecular formula is C24H26N2. The van der Waals surface area contributed by atoms with E-state index in [-0.39, 0.29) is 0 Å². The van der Waals surface area contributed by atoms with E-state index in [2.05, 4.69) is 70.6 Å². The first-order valence-electron chi connectivity index (χ1n) is 9.97. The monoisotopic (exact) mass is 342 g/mol. The highest BCUT2D eigenvalue weighted by Gasteiger charge is 2.23. The quantitative estimate of drug-likeness (QED) is 0.440. The van der Waals surface area contributed by atoms with Crippen molar-refractivity contribution in [3.63, 3.8) is 0 Å². The molecule has 2 unspecified atom stereocenters. The number of aromatic amines is 2. The summed E-state index contributed by atoms with van der Waals surface area (Å²) in [6.07, 6.45) is 7.85. The average Bonchev–Trinajstić information content (AvgIpc) is 3.24. The van der Waals surface area contributed by atoms with E-state index in [1.807, 2.05) is 0 Å². The topological polar surface area (TPSA) is 31.6 Å². The van der Waals surface area contributed by atoms with Crippen LogP contribution in [0.2, 0.25) is 0 Å². The van der Waals surface area contributed by atoms with Crippen molar-refractivity contribution < 1.29 is 0 Å². The van der Waals surface area contributed by atoms with Crippen LogP contribution in [0.25, 0.3) is 21.8 Å². The molecule has 2 nitrogen and oxygen atoms in total. The van der Waals surface area contributed by atoms with Gasteiger partial charge in [0.1, 0.15) is 0 Å². The molecule has 1 aliphatic carbocycles. The van der Waals surface area contributed by atoms with Crippen molar-refractivity contribution in [2.45, 2.75) is 38.5 Å². The molecule has 4 aromatic rings. The van der Waals surface area contributed by atoms with Crippen molar-refractivity contribution >= 4 is 21.8 Å². The fraction of sp³-hybridized carbons (Fsp3) is 0.333. The lowest BCUT2D eigenvalue weighted by Crippen LogP contribution is -2.19. The molecule has 26 heavy (non-hydrogen) atoms. The molecule has 0 amide bonds. The minimum atomic E-state index is 0.811. The van der Waals surface area contributed by atoms with Gasteiger partial charge in [0.2, 0.25) is 0 Å². The van der Waals surface area contributed by atoms with Crippen LogP contribution in [0.1, 0.15) is 37.1 Å². The molecule has 1 aliphatic rings. The Kier molecular flexibility index (Phi) is 4.05. The van der Waals surface area contributed by atoms with E-state index in [9.17, 15) is 0 Å². The van der Waals surface area contributed by atoms with Crippen LogP contribution in [0.4, 0.5) is 0 Å². The summed E-state index contributed by atoms with van der Waals surface area (Å²) in [5.41, 5.74) is 5.35. The van der Waals surface area contributed by atoms with E-state index >= 15 is 0 Å². The number of para-hydroxylation sites is 2. The van der Waals surface area contributed by atoms with Gasteiger partial charge in [-0.2, -0.15) is 0 Å². The largest absolute Gasteiger partial charge is 0.358 e. The standard InChI is InChI=1S/C24H26N2/c1-3-10-23-19(8-1)15-21(25-23)13-17-6-5-7-18(12-17)14-22-16-20-9-2-4-11-24(20)26-22/h1-4,8-11,15-18,25-26H,5-7,12-14H2. The van der Waals surface area contributed by atoms with Crippen molar-refractivity contribution in [1.82, 2.24) is 9.97 Å². The van der Waals surface area contributed by atoms with Gasteiger partial charge < -0.3 is 9.97 Å². The maximum atomic E-state index is 3.62. The van der Waals surface area contributed by atoms with Gasteiger partial charge in [-0.25, -0.2) is 0 Å². The third kappa shape index (κ3) is 3.16. The summed E-state index contributed by atoms with van der Waals surface area (Å²) in [5.74, 6) is 1.62. The smallest absolute Gasteiger partial charge is 0.0456 e. The lowest BCUT2D eigenvalue weighted by atomic mass is 9.77. The minimum absolute atomic E-state index is 0.811. The summed E-state index contributed by atoms with van der Waals surface area (Å²) in [4.78, 5) is 7.24. The van der Waals surface area contributed by atoms with Crippen molar-refractivity contribution in [3.05, 3.63) is 72.1 Å². The first kappa shape index (κ1) is 15.7. The SMILES string of the molecule is c1ccc2[nH]c(CC3CCCC(Cc4cc5ccccc5[nH]4)C3)cc2c1. The van der Waals surface area contributed by atoms with Crippen LogP contribution in [0.3, 0.4) is 0 Å². The Balaban J connectivity index is 1.27. The van der Waals surface area contributed by atoms with Gasteiger partial charge in [-0.05, 0) is 66.1 Å². The van der Waals surface area contributed by atoms with E-state index in [4.69, 9.17) is 0 Å². The average molecular weight is 342 g/mol. The highest BCUT2D eigenvalue weighted by molar-refractivity contribution is 5.80. The van der Waals surface area contributed by atoms with E-state index in [1.165, 1.54) is 71.7 Å². The van der Waals surface area contributed by atoms with E-state index in [1.54, 1.807) is 0 Å². The molecule has 2 aromatic carbocycles. The van der Waals surface area contributed by atoms with Gasteiger partial charge in [0.25, 0.3) is 0 Å². The van der Waals surface area contributed by atoms with Gasteiger partial charge in [0, 0.05) is 22.4 Å². The third-order valence-corrected chi connectivity index (χ3v) is 6.08. The zero-order valence-electron chi connectivity index (χ0n) is 15.2. The van der Waals surface area contributed by atoms with Gasteiger partial charge in [0.15, 0.2) is 0 Å². The van der Waals surface area contributed by atoms with Crippen LogP contribution >= 0.6 is 0 Å². The van der Waals surface area contributed by atoms with Gasteiger partial charge in [-0.3, -0.25) is 0 Å². The van der Waals surface area contributed by atoms with Crippen LogP contribution in [-0.2, 0) is 12.8 Å². The van der Waals surface area contributed by atoms with Crippen molar-refractivity contribution in [3.8, 4) is 0 Å². The van der Waals surface area contributed by atoms with Crippen LogP contribution in [0.5, 0.6) is 0 Å². The van der Waals surface area contributed by atoms with E-state index in [0.717, 1.165) is 11.8 Å². The predicted octanol–water partition coefficient (Wildman–Crippen LogP) is 6.24. The second kappa shape index (κ2) is 6.68. The molecule has 5 rings (SSSR count). The highest BCUT2D eigenvalue weighted by Crippen LogP contribution is 2.34. The molecule has 2 heteroatoms. The normalized spacial score (nSPS) is 20.8. The summed E-state index contributed by atoms with van der Waals surface area (Å²) >= 11 is 0. The van der Waals surface area contributed by atoms with Crippen molar-refractivity contribution in [2.24, 2.45) is 11.8 Å². The van der Waals surface area contributed by atoms with Gasteiger partial charge >= 0.3 is 0 Å². The molecule has 0 aliphatic heterocycles. The van der Waals surface area contributed by atoms with Crippen LogP contribution in [0, 0.1) is 11.8 Å². The molecule has 0 radical (unpaired) electrons. The Morgan fingerprint density at radius 3 is 1.69 bits per heavy atom. The lowest BCUT2D eigenvalue weighted by Gasteiger charge is -2.28. The highest BCUT2D eigenvalue weighted by atomic mass is 14.7. The van der Waals surface area contributed by atoms with Crippen LogP contribution in [0.15, 0.2) is 60.7 Å². The fourth-order valence-corrected chi connectivity index (χ4v) is 4.88. The molecule has 0 spiro atoms. The molecule has 2 aromatic heterocycles. The molecule has 0 bridgehead atoms. The number of aromatic nitrogens is 2. The zero-order valence-corrected chi connectivity index (χ0v) is 15.2. The maximum absolute atomic E-state index is 3.62. The number of hydrogen-bond donors (Lipinski definition) is 2. The second-order valence-corrected chi connectivity index (χ2v) is 8.07. The van der Waals surface area contributed by atoms with E-state index < -0.39 is 0 Å². The Bertz CT molecular complexity index is 875. The second-order valence-electron chi connectivity index (χ2n) is 8.07. The number of rotatable bonds is 4. The first-order chi connectivity index (χ1) is 12.8. The van der Waals surface area contributed by atoms with Crippen LogP contribution in [-0.4, -0.2) is 9.97 Å². The van der Waals surface area contributed by atoms with E-state index in [0.29, 0.717) is 0 Å². The predicted molar refractivity (Wildman–Crippen MR) is 109 cm³/mol. The van der Waals surface area contributed by atoms with Crippen molar-refractivity contribution in [2.75, 3.05) is 0 Å². The first-order valence-corrected chi connectivity index (χ1v) is 9.97. The molecule has 2 heterocycles. The molecular weight excluding hydrogens is 316 g/mol. The van der Waals surface area contributed by atoms with Gasteiger partial charge in [-0.15, -0.1) is 0 Å². The number of fused-ring (bicyclic) bond motifs is 2. The summed E-state index contributed by atoms with van der Waals surface area (Å²) < 4.78 is 0. The minimum Gasteiger partial charge on any atom is -0.358 e. The number of nitrogens with one attached hydrogen (secondary N) is 2. The number of H-pyrrole nitrogens is 2. The third-order valence-electron chi connectivity index (χ3n) is 6.08. The summed E-state index contributed by atoms with van der Waals surface area (Å²) in [6.45, 7) is 0. The molecule has 2 N–H and O–H groups in total. The summed E-state index contributed by atoms with van der Waals surface area (Å²) in [6, 6.07) is 21.9. The molecule has 2 atom stereocenters. The maximum Gasteiger partial charge on any atom is 0.0456 e. The van der Waals surface area contributed by atoms with Crippen molar-refractivity contribution in [1.29, 1.82) is 0 Å². The number of hydrogen-bond acceptors (Lipinski definition) is 0. The molecule has 1 fully saturated rings. The van der Waals surface area contributed by atoms with Crippen LogP contribution < -0.4 is 0 Å². The Morgan fingerprint density at radius 1 is 0.692 bits per heavy atom. The molecule has 0 saturated heterocycles. The number of benzene rings is 2.